The Morgan fingerprint density at radius 1 is 1.33 bits per heavy atom. The van der Waals surface area contributed by atoms with Gasteiger partial charge in [0.05, 0.1) is 6.04 Å². The van der Waals surface area contributed by atoms with E-state index in [9.17, 15) is 0 Å². The van der Waals surface area contributed by atoms with Crippen LogP contribution in [0.25, 0.3) is 0 Å². The Bertz CT molecular complexity index is 181. The summed E-state index contributed by atoms with van der Waals surface area (Å²) in [7, 11) is 0. The molecule has 0 spiro atoms. The summed E-state index contributed by atoms with van der Waals surface area (Å²) in [5.41, 5.74) is 0. The lowest BCUT2D eigenvalue weighted by Gasteiger charge is -2.21. The highest BCUT2D eigenvalue weighted by Gasteiger charge is 2.17. The van der Waals surface area contributed by atoms with Gasteiger partial charge in [-0.15, -0.1) is 13.2 Å². The molecule has 1 heterocycles. The number of nitrogens with two attached hydrogens (primary N) is 1. The topological polar surface area (TPSA) is 16.6 Å². The van der Waals surface area contributed by atoms with Crippen molar-refractivity contribution in [2.45, 2.75) is 31.3 Å². The van der Waals surface area contributed by atoms with E-state index >= 15 is 0 Å². The Labute approximate surface area is 74.9 Å². The largest absolute Gasteiger partial charge is 0.337 e. The van der Waals surface area contributed by atoms with Crippen molar-refractivity contribution in [3.05, 3.63) is 37.5 Å². The van der Waals surface area contributed by atoms with Gasteiger partial charge in [-0.25, -0.2) is 0 Å². The quantitative estimate of drug-likeness (QED) is 0.605. The molecule has 0 fully saturated rings. The van der Waals surface area contributed by atoms with Crippen molar-refractivity contribution in [3.63, 3.8) is 0 Å². The molecule has 2 N–H and O–H groups in total. The fourth-order valence-electron chi connectivity index (χ4n) is 1.66. The minimum atomic E-state index is 0.612. The summed E-state index contributed by atoms with van der Waals surface area (Å²) in [6.07, 6.45) is 11.9. The SMILES string of the molecule is C=CC[C@@H]1CC=C[C@H](CC=C)[NH2+]1. The fourth-order valence-corrected chi connectivity index (χ4v) is 1.66. The highest BCUT2D eigenvalue weighted by atomic mass is 14.9. The normalized spacial score (nSPS) is 28.3. The molecule has 0 unspecified atom stereocenters. The summed E-state index contributed by atoms with van der Waals surface area (Å²) < 4.78 is 0. The molecule has 66 valence electrons. The second kappa shape index (κ2) is 4.94. The third-order valence-electron chi connectivity index (χ3n) is 2.25. The van der Waals surface area contributed by atoms with E-state index in [0.29, 0.717) is 12.1 Å². The van der Waals surface area contributed by atoms with Crippen LogP contribution in [0, 0.1) is 0 Å². The molecule has 0 aromatic rings. The predicted molar refractivity (Wildman–Crippen MR) is 52.9 cm³/mol. The summed E-state index contributed by atoms with van der Waals surface area (Å²) in [4.78, 5) is 0. The minimum absolute atomic E-state index is 0.612. The van der Waals surface area contributed by atoms with Crippen molar-refractivity contribution in [3.8, 4) is 0 Å². The van der Waals surface area contributed by atoms with Crippen LogP contribution in [0.3, 0.4) is 0 Å². The number of rotatable bonds is 4. The van der Waals surface area contributed by atoms with E-state index in [1.807, 2.05) is 12.2 Å². The molecule has 2 atom stereocenters. The molecule has 1 nitrogen and oxygen atoms in total. The van der Waals surface area contributed by atoms with Crippen LogP contribution in [0.15, 0.2) is 37.5 Å². The first kappa shape index (κ1) is 9.27. The standard InChI is InChI=1S/C11H17N/c1-3-6-10-8-5-9-11(12-10)7-4-2/h3-5,8,10-12H,1-2,6-7,9H2/p+1/t10-,11+/m0/s1. The lowest BCUT2D eigenvalue weighted by atomic mass is 10.0. The van der Waals surface area contributed by atoms with Crippen molar-refractivity contribution < 1.29 is 5.32 Å². The van der Waals surface area contributed by atoms with E-state index in [1.54, 1.807) is 0 Å². The van der Waals surface area contributed by atoms with Crippen molar-refractivity contribution in [2.75, 3.05) is 0 Å². The second-order valence-corrected chi connectivity index (χ2v) is 3.33. The van der Waals surface area contributed by atoms with Crippen LogP contribution in [0.4, 0.5) is 0 Å². The van der Waals surface area contributed by atoms with Gasteiger partial charge in [-0.05, 0) is 6.08 Å². The predicted octanol–water partition coefficient (Wildman–Crippen LogP) is 1.40. The first-order valence-corrected chi connectivity index (χ1v) is 4.60. The van der Waals surface area contributed by atoms with E-state index in [4.69, 9.17) is 0 Å². The van der Waals surface area contributed by atoms with Gasteiger partial charge in [0.2, 0.25) is 0 Å². The molecule has 0 aromatic carbocycles. The van der Waals surface area contributed by atoms with E-state index in [1.165, 1.54) is 6.42 Å². The van der Waals surface area contributed by atoms with Crippen LogP contribution in [-0.4, -0.2) is 12.1 Å². The summed E-state index contributed by atoms with van der Waals surface area (Å²) in [6, 6.07) is 1.32. The average Bonchev–Trinajstić information content (AvgIpc) is 2.06. The van der Waals surface area contributed by atoms with E-state index < -0.39 is 0 Å². The van der Waals surface area contributed by atoms with Crippen LogP contribution in [0.2, 0.25) is 0 Å². The molecule has 0 aliphatic carbocycles. The Morgan fingerprint density at radius 3 is 2.75 bits per heavy atom. The van der Waals surface area contributed by atoms with E-state index in [-0.39, 0.29) is 0 Å². The van der Waals surface area contributed by atoms with Crippen molar-refractivity contribution in [1.82, 2.24) is 0 Å². The molecule has 0 bridgehead atoms. The molecule has 12 heavy (non-hydrogen) atoms. The Hall–Kier alpha value is -0.820. The molecule has 1 aliphatic heterocycles. The monoisotopic (exact) mass is 164 g/mol. The maximum absolute atomic E-state index is 3.76. The van der Waals surface area contributed by atoms with Crippen LogP contribution < -0.4 is 5.32 Å². The maximum Gasteiger partial charge on any atom is 0.108 e. The Morgan fingerprint density at radius 2 is 2.08 bits per heavy atom. The number of quaternary nitrogens is 1. The lowest BCUT2D eigenvalue weighted by molar-refractivity contribution is -0.713. The van der Waals surface area contributed by atoms with Crippen LogP contribution in [0.1, 0.15) is 19.3 Å². The first-order chi connectivity index (χ1) is 5.86. The molecule has 0 aromatic heterocycles. The summed E-state index contributed by atoms with van der Waals surface area (Å²) in [5.74, 6) is 0. The number of hydrogen-bond acceptors (Lipinski definition) is 0. The maximum atomic E-state index is 3.76. The second-order valence-electron chi connectivity index (χ2n) is 3.33. The molecule has 0 radical (unpaired) electrons. The molecule has 1 heteroatoms. The third-order valence-corrected chi connectivity index (χ3v) is 2.25. The van der Waals surface area contributed by atoms with Gasteiger partial charge in [-0.2, -0.15) is 0 Å². The van der Waals surface area contributed by atoms with Gasteiger partial charge in [0, 0.05) is 19.3 Å². The molecule has 1 aliphatic rings. The summed E-state index contributed by atoms with van der Waals surface area (Å²) in [6.45, 7) is 7.51. The molecule has 0 saturated carbocycles. The molecule has 0 saturated heterocycles. The minimum Gasteiger partial charge on any atom is -0.337 e. The number of hydrogen-bond donors (Lipinski definition) is 1. The first-order valence-electron chi connectivity index (χ1n) is 4.60. The van der Waals surface area contributed by atoms with Gasteiger partial charge in [0.1, 0.15) is 6.04 Å². The van der Waals surface area contributed by atoms with E-state index in [0.717, 1.165) is 12.8 Å². The van der Waals surface area contributed by atoms with Gasteiger partial charge < -0.3 is 5.32 Å². The molecule has 0 amide bonds. The zero-order valence-corrected chi connectivity index (χ0v) is 7.58. The fraction of sp³-hybridized carbons (Fsp3) is 0.455. The highest BCUT2D eigenvalue weighted by molar-refractivity contribution is 4.96. The lowest BCUT2D eigenvalue weighted by Crippen LogP contribution is -2.95. The Balaban J connectivity index is 2.38. The third kappa shape index (κ3) is 2.67. The van der Waals surface area contributed by atoms with Gasteiger partial charge in [-0.3, -0.25) is 0 Å². The van der Waals surface area contributed by atoms with Crippen molar-refractivity contribution in [2.24, 2.45) is 0 Å². The van der Waals surface area contributed by atoms with Gasteiger partial charge in [-0.1, -0.05) is 18.2 Å². The van der Waals surface area contributed by atoms with Gasteiger partial charge >= 0.3 is 0 Å². The molecular weight excluding hydrogens is 146 g/mol. The van der Waals surface area contributed by atoms with Crippen LogP contribution in [-0.2, 0) is 0 Å². The molecular formula is C11H18N+. The summed E-state index contributed by atoms with van der Waals surface area (Å²) >= 11 is 0. The van der Waals surface area contributed by atoms with Crippen molar-refractivity contribution >= 4 is 0 Å². The highest BCUT2D eigenvalue weighted by Crippen LogP contribution is 2.03. The van der Waals surface area contributed by atoms with E-state index in [2.05, 4.69) is 30.6 Å². The van der Waals surface area contributed by atoms with Crippen molar-refractivity contribution in [1.29, 1.82) is 0 Å². The zero-order chi connectivity index (χ0) is 8.81. The smallest absolute Gasteiger partial charge is 0.108 e. The Kier molecular flexibility index (Phi) is 3.81. The van der Waals surface area contributed by atoms with Gasteiger partial charge in [0.25, 0.3) is 0 Å². The van der Waals surface area contributed by atoms with Crippen LogP contribution in [0.5, 0.6) is 0 Å². The van der Waals surface area contributed by atoms with Crippen LogP contribution >= 0.6 is 0 Å². The zero-order valence-electron chi connectivity index (χ0n) is 7.58. The molecule has 1 rings (SSSR count). The summed E-state index contributed by atoms with van der Waals surface area (Å²) in [5, 5.41) is 2.42. The average molecular weight is 164 g/mol. The van der Waals surface area contributed by atoms with Gasteiger partial charge in [0.15, 0.2) is 0 Å².